The fourth-order valence-electron chi connectivity index (χ4n) is 3.21. The number of amides is 1. The van der Waals surface area contributed by atoms with Crippen LogP contribution in [0.25, 0.3) is 0 Å². The highest BCUT2D eigenvalue weighted by atomic mass is 35.5. The van der Waals surface area contributed by atoms with Crippen molar-refractivity contribution in [2.24, 2.45) is 0 Å². The number of methoxy groups -OCH3 is 1. The summed E-state index contributed by atoms with van der Waals surface area (Å²) in [6.45, 7) is 0.684. The first-order valence-electron chi connectivity index (χ1n) is 8.58. The first kappa shape index (κ1) is 21.8. The van der Waals surface area contributed by atoms with E-state index in [4.69, 9.17) is 10.5 Å². The third-order valence-electron chi connectivity index (χ3n) is 4.52. The van der Waals surface area contributed by atoms with Gasteiger partial charge in [-0.15, -0.1) is 24.2 Å². The van der Waals surface area contributed by atoms with Crippen molar-refractivity contribution >= 4 is 47.1 Å². The fraction of sp³-hybridized carbons (Fsp3) is 0.316. The third kappa shape index (κ3) is 4.69. The van der Waals surface area contributed by atoms with E-state index >= 15 is 0 Å². The molecule has 0 atom stereocenters. The second-order valence-corrected chi connectivity index (χ2v) is 7.24. The lowest BCUT2D eigenvalue weighted by atomic mass is 10.00. The van der Waals surface area contributed by atoms with Crippen LogP contribution in [0.3, 0.4) is 0 Å². The third-order valence-corrected chi connectivity index (χ3v) is 5.51. The Labute approximate surface area is 173 Å². The maximum atomic E-state index is 12.7. The summed E-state index contributed by atoms with van der Waals surface area (Å²) in [5, 5.41) is 11.1. The van der Waals surface area contributed by atoms with Gasteiger partial charge < -0.3 is 15.4 Å². The average Bonchev–Trinajstić information content (AvgIpc) is 2.67. The average molecular weight is 424 g/mol. The van der Waals surface area contributed by atoms with Crippen molar-refractivity contribution in [2.75, 3.05) is 30.0 Å². The topological polar surface area (TPSA) is 98.7 Å². The van der Waals surface area contributed by atoms with Crippen LogP contribution in [0.2, 0.25) is 0 Å². The van der Waals surface area contributed by atoms with Gasteiger partial charge in [-0.1, -0.05) is 12.1 Å². The number of nitrogen functional groups attached to an aromatic ring is 1. The number of anilines is 2. The summed E-state index contributed by atoms with van der Waals surface area (Å²) in [4.78, 5) is 25.1. The first-order valence-corrected chi connectivity index (χ1v) is 9.73. The minimum atomic E-state index is -0.465. The van der Waals surface area contributed by atoms with Crippen LogP contribution < -0.4 is 15.4 Å². The molecule has 0 saturated heterocycles. The van der Waals surface area contributed by atoms with Crippen LogP contribution in [-0.4, -0.2) is 30.2 Å². The smallest absolute Gasteiger partial charge is 0.311 e. The number of carbonyl (C=O) groups excluding carboxylic acids is 1. The Bertz CT molecular complexity index is 878. The van der Waals surface area contributed by atoms with Crippen molar-refractivity contribution in [1.82, 2.24) is 0 Å². The van der Waals surface area contributed by atoms with Gasteiger partial charge in [-0.3, -0.25) is 14.9 Å². The lowest BCUT2D eigenvalue weighted by Crippen LogP contribution is -2.37. The summed E-state index contributed by atoms with van der Waals surface area (Å²) >= 11 is 1.43. The standard InChI is InChI=1S/C19H21N3O4S.ClH/c1-26-18-8-7-13(10-17(18)22(24)25)11-27-12-19(23)21-9-3-4-14-15(20)5-2-6-16(14)21;/h2,5-8,10H,3-4,9,11-12,20H2,1H3;1H. The van der Waals surface area contributed by atoms with E-state index < -0.39 is 4.92 Å². The molecular formula is C19H22ClN3O4S. The fourth-order valence-corrected chi connectivity index (χ4v) is 4.06. The molecule has 2 aromatic rings. The summed E-state index contributed by atoms with van der Waals surface area (Å²) in [6, 6.07) is 10.5. The summed E-state index contributed by atoms with van der Waals surface area (Å²) in [7, 11) is 1.40. The van der Waals surface area contributed by atoms with Crippen LogP contribution in [-0.2, 0) is 17.0 Å². The number of hydrogen-bond donors (Lipinski definition) is 1. The summed E-state index contributed by atoms with van der Waals surface area (Å²) < 4.78 is 5.01. The van der Waals surface area contributed by atoms with Gasteiger partial charge in [-0.25, -0.2) is 0 Å². The Balaban J connectivity index is 0.00000280. The van der Waals surface area contributed by atoms with Gasteiger partial charge in [-0.2, -0.15) is 0 Å². The number of carbonyl (C=O) groups is 1. The zero-order valence-electron chi connectivity index (χ0n) is 15.4. The molecule has 2 N–H and O–H groups in total. The van der Waals surface area contributed by atoms with E-state index in [1.807, 2.05) is 18.2 Å². The quantitative estimate of drug-likeness (QED) is 0.430. The zero-order chi connectivity index (χ0) is 19.4. The van der Waals surface area contributed by atoms with Gasteiger partial charge in [0, 0.05) is 29.7 Å². The molecule has 0 bridgehead atoms. The van der Waals surface area contributed by atoms with Crippen LogP contribution >= 0.6 is 24.2 Å². The molecule has 0 fully saturated rings. The number of rotatable bonds is 6. The molecule has 0 aliphatic carbocycles. The van der Waals surface area contributed by atoms with Gasteiger partial charge in [0.25, 0.3) is 0 Å². The number of nitrogens with two attached hydrogens (primary N) is 1. The van der Waals surface area contributed by atoms with E-state index in [1.54, 1.807) is 17.0 Å². The molecule has 1 aliphatic heterocycles. The molecule has 9 heteroatoms. The molecule has 7 nitrogen and oxygen atoms in total. The Morgan fingerprint density at radius 3 is 2.86 bits per heavy atom. The van der Waals surface area contributed by atoms with Crippen LogP contribution in [0.5, 0.6) is 5.75 Å². The van der Waals surface area contributed by atoms with E-state index in [0.29, 0.717) is 18.1 Å². The summed E-state index contributed by atoms with van der Waals surface area (Å²) in [6.07, 6.45) is 1.77. The van der Waals surface area contributed by atoms with Crippen LogP contribution in [0.4, 0.5) is 17.1 Å². The van der Waals surface area contributed by atoms with Crippen molar-refractivity contribution < 1.29 is 14.5 Å². The normalized spacial score (nSPS) is 12.7. The molecule has 0 unspecified atom stereocenters. The van der Waals surface area contributed by atoms with E-state index in [0.717, 1.165) is 35.3 Å². The van der Waals surface area contributed by atoms with E-state index in [1.165, 1.54) is 24.9 Å². The molecule has 150 valence electrons. The lowest BCUT2D eigenvalue weighted by Gasteiger charge is -2.30. The number of ether oxygens (including phenoxy) is 1. The van der Waals surface area contributed by atoms with E-state index in [2.05, 4.69) is 0 Å². The van der Waals surface area contributed by atoms with Crippen molar-refractivity contribution in [2.45, 2.75) is 18.6 Å². The number of fused-ring (bicyclic) bond motifs is 1. The molecule has 1 aliphatic rings. The van der Waals surface area contributed by atoms with Gasteiger partial charge >= 0.3 is 5.69 Å². The van der Waals surface area contributed by atoms with Crippen LogP contribution in [0.1, 0.15) is 17.5 Å². The number of hydrogen-bond acceptors (Lipinski definition) is 6. The highest BCUT2D eigenvalue weighted by Crippen LogP contribution is 2.32. The molecule has 2 aromatic carbocycles. The Morgan fingerprint density at radius 2 is 2.14 bits per heavy atom. The Kier molecular flexibility index (Phi) is 7.53. The molecule has 28 heavy (non-hydrogen) atoms. The van der Waals surface area contributed by atoms with Gasteiger partial charge in [-0.05, 0) is 42.2 Å². The van der Waals surface area contributed by atoms with Gasteiger partial charge in [0.1, 0.15) is 0 Å². The number of nitro benzene ring substituents is 1. The predicted molar refractivity (Wildman–Crippen MR) is 115 cm³/mol. The van der Waals surface area contributed by atoms with E-state index in [-0.39, 0.29) is 29.8 Å². The van der Waals surface area contributed by atoms with Gasteiger partial charge in [0.15, 0.2) is 5.75 Å². The predicted octanol–water partition coefficient (Wildman–Crippen LogP) is 3.82. The highest BCUT2D eigenvalue weighted by Gasteiger charge is 2.23. The largest absolute Gasteiger partial charge is 0.490 e. The number of halogens is 1. The van der Waals surface area contributed by atoms with Crippen LogP contribution in [0, 0.1) is 10.1 Å². The van der Waals surface area contributed by atoms with Crippen molar-refractivity contribution in [3.05, 3.63) is 57.6 Å². The monoisotopic (exact) mass is 423 g/mol. The number of nitro groups is 1. The van der Waals surface area contributed by atoms with Crippen molar-refractivity contribution in [1.29, 1.82) is 0 Å². The van der Waals surface area contributed by atoms with Crippen molar-refractivity contribution in [3.63, 3.8) is 0 Å². The minimum absolute atomic E-state index is 0. The minimum Gasteiger partial charge on any atom is -0.490 e. The summed E-state index contributed by atoms with van der Waals surface area (Å²) in [5.41, 5.74) is 9.40. The molecule has 3 rings (SSSR count). The van der Waals surface area contributed by atoms with Crippen molar-refractivity contribution in [3.8, 4) is 5.75 Å². The first-order chi connectivity index (χ1) is 13.0. The molecule has 0 saturated carbocycles. The maximum Gasteiger partial charge on any atom is 0.311 e. The Morgan fingerprint density at radius 1 is 1.36 bits per heavy atom. The zero-order valence-corrected chi connectivity index (χ0v) is 17.1. The molecule has 0 aromatic heterocycles. The SMILES string of the molecule is COc1ccc(CSCC(=O)N2CCCc3c(N)cccc32)cc1[N+](=O)[O-].Cl. The van der Waals surface area contributed by atoms with Gasteiger partial charge in [0.05, 0.1) is 17.8 Å². The van der Waals surface area contributed by atoms with Gasteiger partial charge in [0.2, 0.25) is 5.91 Å². The van der Waals surface area contributed by atoms with Crippen LogP contribution in [0.15, 0.2) is 36.4 Å². The molecule has 1 heterocycles. The molecule has 1 amide bonds. The second kappa shape index (κ2) is 9.66. The number of benzene rings is 2. The number of nitrogens with zero attached hydrogens (tertiary/aromatic N) is 2. The maximum absolute atomic E-state index is 12.7. The van der Waals surface area contributed by atoms with E-state index in [9.17, 15) is 14.9 Å². The Hall–Kier alpha value is -2.45. The molecular weight excluding hydrogens is 402 g/mol. The second-order valence-electron chi connectivity index (χ2n) is 6.25. The molecule has 0 spiro atoms. The number of thioether (sulfide) groups is 1. The summed E-state index contributed by atoms with van der Waals surface area (Å²) in [5.74, 6) is 1.06. The highest BCUT2D eigenvalue weighted by molar-refractivity contribution is 7.99. The molecule has 0 radical (unpaired) electrons. The lowest BCUT2D eigenvalue weighted by molar-refractivity contribution is -0.385.